The molecule has 0 amide bonds. The number of anilines is 1. The first-order chi connectivity index (χ1) is 18.7. The molecule has 0 atom stereocenters. The fourth-order valence-electron chi connectivity index (χ4n) is 3.96. The largest absolute Gasteiger partial charge is 0.289 e. The van der Waals surface area contributed by atoms with E-state index in [4.69, 9.17) is 0 Å². The van der Waals surface area contributed by atoms with Gasteiger partial charge in [0.25, 0.3) is 5.69 Å². The number of fused-ring (bicyclic) bond motifs is 1. The maximum absolute atomic E-state index is 13.1. The van der Waals surface area contributed by atoms with Gasteiger partial charge in [-0.15, -0.1) is 0 Å². The molecule has 0 radical (unpaired) electrons. The molecule has 0 spiro atoms. The minimum absolute atomic E-state index is 0.0195. The normalized spacial score (nSPS) is 11.6. The molecule has 0 aliphatic carbocycles. The number of aryl methyl sites for hydroxylation is 1. The number of rotatable bonds is 7. The van der Waals surface area contributed by atoms with Crippen LogP contribution in [0.2, 0.25) is 0 Å². The van der Waals surface area contributed by atoms with Gasteiger partial charge in [-0.05, 0) is 43.3 Å². The van der Waals surface area contributed by atoms with Crippen molar-refractivity contribution < 1.29 is 13.3 Å². The fraction of sp³-hybridized carbons (Fsp3) is 0.0357. The van der Waals surface area contributed by atoms with E-state index < -0.39 is 25.3 Å². The summed E-state index contributed by atoms with van der Waals surface area (Å²) in [6.07, 6.45) is 1.34. The molecule has 0 saturated heterocycles. The molecular weight excluding hydrogens is 582 g/mol. The van der Waals surface area contributed by atoms with Gasteiger partial charge < -0.3 is 0 Å². The Morgan fingerprint density at radius 2 is 1.69 bits per heavy atom. The number of aromatic nitrogens is 2. The number of nitro benzene ring substituents is 1. The van der Waals surface area contributed by atoms with Gasteiger partial charge in [0.2, 0.25) is 15.8 Å². The highest BCUT2D eigenvalue weighted by Gasteiger charge is 2.27. The summed E-state index contributed by atoms with van der Waals surface area (Å²) in [5.41, 5.74) is 5.75. The van der Waals surface area contributed by atoms with Crippen LogP contribution in [0.25, 0.3) is 22.2 Å². The lowest BCUT2D eigenvalue weighted by Crippen LogP contribution is -2.06. The molecule has 39 heavy (non-hydrogen) atoms. The highest BCUT2D eigenvalue weighted by Crippen LogP contribution is 2.31. The van der Waals surface area contributed by atoms with Crippen molar-refractivity contribution in [1.29, 1.82) is 0 Å². The summed E-state index contributed by atoms with van der Waals surface area (Å²) >= 11 is 3.49. The Balaban J connectivity index is 1.46. The number of nitrogens with zero attached hydrogens (tertiary/aromatic N) is 4. The molecule has 0 unspecified atom stereocenters. The standard InChI is InChI=1S/C28H20BrN5O4S/c1-18-7-11-22(12-8-18)39(37,38)26-14-9-19(15-25(26)34(35)36)17-30-33-28-31-24-13-10-21(29)16-23(24)27(32-28)20-5-3-2-4-6-20/h2-17H,1H3,(H,31,32,33). The summed E-state index contributed by atoms with van der Waals surface area (Å²) < 4.78 is 27.1. The Morgan fingerprint density at radius 3 is 2.41 bits per heavy atom. The number of halogens is 1. The molecule has 194 valence electrons. The molecule has 0 aliphatic rings. The molecule has 0 aliphatic heterocycles. The van der Waals surface area contributed by atoms with E-state index in [9.17, 15) is 18.5 Å². The second kappa shape index (κ2) is 10.7. The van der Waals surface area contributed by atoms with Crippen LogP contribution in [0.15, 0.2) is 110 Å². The number of nitrogens with one attached hydrogen (secondary N) is 1. The van der Waals surface area contributed by atoms with Gasteiger partial charge >= 0.3 is 0 Å². The molecule has 1 heterocycles. The highest BCUT2D eigenvalue weighted by atomic mass is 79.9. The molecule has 0 bridgehead atoms. The van der Waals surface area contributed by atoms with Crippen LogP contribution in [0.5, 0.6) is 0 Å². The summed E-state index contributed by atoms with van der Waals surface area (Å²) in [5.74, 6) is 0.230. The van der Waals surface area contributed by atoms with Crippen LogP contribution in [0.4, 0.5) is 11.6 Å². The Bertz CT molecular complexity index is 1840. The quantitative estimate of drug-likeness (QED) is 0.127. The zero-order valence-electron chi connectivity index (χ0n) is 20.4. The predicted octanol–water partition coefficient (Wildman–Crippen LogP) is 6.55. The molecule has 1 N–H and O–H groups in total. The molecular formula is C28H20BrN5O4S. The molecule has 11 heteroatoms. The second-order valence-electron chi connectivity index (χ2n) is 8.59. The van der Waals surface area contributed by atoms with Crippen molar-refractivity contribution in [3.8, 4) is 11.3 Å². The molecule has 5 aromatic rings. The average molecular weight is 602 g/mol. The van der Waals surface area contributed by atoms with Gasteiger partial charge in [-0.2, -0.15) is 5.10 Å². The molecule has 9 nitrogen and oxygen atoms in total. The lowest BCUT2D eigenvalue weighted by atomic mass is 10.1. The van der Waals surface area contributed by atoms with Crippen molar-refractivity contribution in [3.05, 3.63) is 117 Å². The Hall–Kier alpha value is -4.48. The monoisotopic (exact) mass is 601 g/mol. The lowest BCUT2D eigenvalue weighted by molar-refractivity contribution is -0.387. The van der Waals surface area contributed by atoms with Crippen molar-refractivity contribution in [1.82, 2.24) is 9.97 Å². The summed E-state index contributed by atoms with van der Waals surface area (Å²) in [7, 11) is -4.09. The third-order valence-corrected chi connectivity index (χ3v) is 8.19. The first kappa shape index (κ1) is 26.1. The van der Waals surface area contributed by atoms with Crippen molar-refractivity contribution in [2.75, 3.05) is 5.43 Å². The third-order valence-electron chi connectivity index (χ3n) is 5.88. The van der Waals surface area contributed by atoms with E-state index in [0.29, 0.717) is 16.8 Å². The van der Waals surface area contributed by atoms with Crippen molar-refractivity contribution in [2.45, 2.75) is 16.7 Å². The highest BCUT2D eigenvalue weighted by molar-refractivity contribution is 9.10. The summed E-state index contributed by atoms with van der Waals surface area (Å²) in [5, 5.41) is 16.8. The molecule has 0 saturated carbocycles. The van der Waals surface area contributed by atoms with E-state index in [1.54, 1.807) is 12.1 Å². The van der Waals surface area contributed by atoms with Gasteiger partial charge in [-0.25, -0.2) is 23.8 Å². The van der Waals surface area contributed by atoms with Crippen molar-refractivity contribution in [2.24, 2.45) is 5.10 Å². The summed E-state index contributed by atoms with van der Waals surface area (Å²) in [6.45, 7) is 1.82. The zero-order valence-corrected chi connectivity index (χ0v) is 22.8. The van der Waals surface area contributed by atoms with E-state index in [-0.39, 0.29) is 10.8 Å². The topological polar surface area (TPSA) is 127 Å². The van der Waals surface area contributed by atoms with Gasteiger partial charge in [-0.1, -0.05) is 70.0 Å². The van der Waals surface area contributed by atoms with Crippen molar-refractivity contribution >= 4 is 54.5 Å². The number of nitro groups is 1. The first-order valence-electron chi connectivity index (χ1n) is 11.6. The summed E-state index contributed by atoms with van der Waals surface area (Å²) in [6, 6.07) is 25.3. The number of hydrogen-bond donors (Lipinski definition) is 1. The predicted molar refractivity (Wildman–Crippen MR) is 154 cm³/mol. The fourth-order valence-corrected chi connectivity index (χ4v) is 5.73. The van der Waals surface area contributed by atoms with Crippen LogP contribution in [0.3, 0.4) is 0 Å². The average Bonchev–Trinajstić information content (AvgIpc) is 2.93. The van der Waals surface area contributed by atoms with Gasteiger partial charge in [0, 0.05) is 27.1 Å². The van der Waals surface area contributed by atoms with E-state index in [2.05, 4.69) is 36.4 Å². The summed E-state index contributed by atoms with van der Waals surface area (Å²) in [4.78, 5) is 19.8. The number of benzene rings is 4. The van der Waals surface area contributed by atoms with E-state index in [0.717, 1.165) is 21.0 Å². The Kier molecular flexibility index (Phi) is 7.18. The van der Waals surface area contributed by atoms with Gasteiger partial charge in [0.05, 0.1) is 27.2 Å². The van der Waals surface area contributed by atoms with Gasteiger partial charge in [-0.3, -0.25) is 10.1 Å². The van der Waals surface area contributed by atoms with Crippen LogP contribution in [-0.4, -0.2) is 29.5 Å². The van der Waals surface area contributed by atoms with Crippen LogP contribution < -0.4 is 5.43 Å². The molecule has 1 aromatic heterocycles. The lowest BCUT2D eigenvalue weighted by Gasteiger charge is -2.09. The van der Waals surface area contributed by atoms with Crippen LogP contribution in [0, 0.1) is 17.0 Å². The third kappa shape index (κ3) is 5.54. The SMILES string of the molecule is Cc1ccc(S(=O)(=O)c2ccc(C=NNc3nc(-c4ccccc4)c4cc(Br)ccc4n3)cc2[N+](=O)[O-])cc1. The minimum Gasteiger partial charge on any atom is -0.258 e. The Labute approximate surface area is 232 Å². The first-order valence-corrected chi connectivity index (χ1v) is 13.9. The molecule has 4 aromatic carbocycles. The van der Waals surface area contributed by atoms with Gasteiger partial charge in [0.1, 0.15) is 4.90 Å². The van der Waals surface area contributed by atoms with Crippen LogP contribution in [0.1, 0.15) is 11.1 Å². The van der Waals surface area contributed by atoms with E-state index in [1.807, 2.05) is 55.5 Å². The zero-order chi connectivity index (χ0) is 27.6. The van der Waals surface area contributed by atoms with Crippen LogP contribution >= 0.6 is 15.9 Å². The number of sulfone groups is 1. The molecule has 0 fully saturated rings. The second-order valence-corrected chi connectivity index (χ2v) is 11.4. The maximum Gasteiger partial charge on any atom is 0.289 e. The smallest absolute Gasteiger partial charge is 0.258 e. The number of hydrazone groups is 1. The van der Waals surface area contributed by atoms with Gasteiger partial charge in [0.15, 0.2) is 0 Å². The van der Waals surface area contributed by atoms with E-state index >= 15 is 0 Å². The number of hydrogen-bond acceptors (Lipinski definition) is 8. The van der Waals surface area contributed by atoms with Crippen LogP contribution in [-0.2, 0) is 9.84 Å². The molecule has 5 rings (SSSR count). The van der Waals surface area contributed by atoms with E-state index in [1.165, 1.54) is 36.5 Å². The minimum atomic E-state index is -4.09. The maximum atomic E-state index is 13.1. The Morgan fingerprint density at radius 1 is 0.949 bits per heavy atom. The van der Waals surface area contributed by atoms with Crippen molar-refractivity contribution in [3.63, 3.8) is 0 Å².